The van der Waals surface area contributed by atoms with Crippen LogP contribution in [-0.4, -0.2) is 25.0 Å². The Morgan fingerprint density at radius 2 is 1.80 bits per heavy atom. The number of hydrazone groups is 1. The van der Waals surface area contributed by atoms with Crippen LogP contribution in [0.15, 0.2) is 53.6 Å². The molecule has 132 valence electrons. The van der Waals surface area contributed by atoms with Gasteiger partial charge in [0.2, 0.25) is 0 Å². The van der Waals surface area contributed by atoms with Crippen LogP contribution in [0.5, 0.6) is 11.5 Å². The molecule has 0 unspecified atom stereocenters. The van der Waals surface area contributed by atoms with E-state index in [-0.39, 0.29) is 0 Å². The summed E-state index contributed by atoms with van der Waals surface area (Å²) in [7, 11) is 1.63. The van der Waals surface area contributed by atoms with Gasteiger partial charge in [0.15, 0.2) is 5.11 Å². The summed E-state index contributed by atoms with van der Waals surface area (Å²) in [5, 5.41) is 7.63. The van der Waals surface area contributed by atoms with E-state index in [0.29, 0.717) is 17.6 Å². The van der Waals surface area contributed by atoms with Gasteiger partial charge in [-0.25, -0.2) is 0 Å². The fraction of sp³-hybridized carbons (Fsp3) is 0.263. The fourth-order valence-electron chi connectivity index (χ4n) is 2.04. The molecule has 0 aliphatic heterocycles. The molecule has 0 heterocycles. The topological polar surface area (TPSA) is 54.9 Å². The molecular formula is C19H23N3O2S. The Hall–Kier alpha value is -2.60. The Labute approximate surface area is 154 Å². The van der Waals surface area contributed by atoms with E-state index in [1.165, 1.54) is 0 Å². The molecule has 0 atom stereocenters. The number of hydrogen-bond acceptors (Lipinski definition) is 4. The summed E-state index contributed by atoms with van der Waals surface area (Å²) < 4.78 is 11.1. The Kier molecular flexibility index (Phi) is 7.22. The highest BCUT2D eigenvalue weighted by Crippen LogP contribution is 2.24. The highest BCUT2D eigenvalue weighted by molar-refractivity contribution is 7.80. The van der Waals surface area contributed by atoms with E-state index in [4.69, 9.17) is 21.7 Å². The number of thiocarbonyl (C=S) groups is 1. The normalized spacial score (nSPS) is 10.7. The number of nitrogens with zero attached hydrogens (tertiary/aromatic N) is 1. The molecule has 0 saturated heterocycles. The van der Waals surface area contributed by atoms with Gasteiger partial charge in [-0.1, -0.05) is 38.1 Å². The van der Waals surface area contributed by atoms with Crippen molar-refractivity contribution >= 4 is 29.2 Å². The summed E-state index contributed by atoms with van der Waals surface area (Å²) >= 11 is 5.29. The summed E-state index contributed by atoms with van der Waals surface area (Å²) in [6.07, 6.45) is 1.66. The second kappa shape index (κ2) is 9.64. The number of anilines is 1. The molecule has 2 aromatic carbocycles. The van der Waals surface area contributed by atoms with Gasteiger partial charge < -0.3 is 14.8 Å². The third-order valence-corrected chi connectivity index (χ3v) is 3.41. The smallest absolute Gasteiger partial charge is 0.191 e. The van der Waals surface area contributed by atoms with Crippen LogP contribution in [0.2, 0.25) is 0 Å². The first-order valence-electron chi connectivity index (χ1n) is 8.05. The van der Waals surface area contributed by atoms with Gasteiger partial charge >= 0.3 is 0 Å². The minimum Gasteiger partial charge on any atom is -0.496 e. The van der Waals surface area contributed by atoms with E-state index in [1.807, 2.05) is 48.5 Å². The molecule has 0 radical (unpaired) electrons. The molecule has 0 fully saturated rings. The average Bonchev–Trinajstić information content (AvgIpc) is 2.61. The van der Waals surface area contributed by atoms with Crippen LogP contribution < -0.4 is 20.2 Å². The molecule has 0 aliphatic carbocycles. The Bertz CT molecular complexity index is 732. The zero-order valence-corrected chi connectivity index (χ0v) is 15.5. The minimum absolute atomic E-state index is 0.381. The number of para-hydroxylation sites is 3. The molecule has 0 amide bonds. The number of benzene rings is 2. The molecule has 0 aromatic heterocycles. The largest absolute Gasteiger partial charge is 0.496 e. The summed E-state index contributed by atoms with van der Waals surface area (Å²) in [5.74, 6) is 1.96. The summed E-state index contributed by atoms with van der Waals surface area (Å²) in [6, 6.07) is 15.3. The van der Waals surface area contributed by atoms with Crippen molar-refractivity contribution in [3.63, 3.8) is 0 Å². The van der Waals surface area contributed by atoms with Gasteiger partial charge in [0.25, 0.3) is 0 Å². The number of rotatable bonds is 7. The number of nitrogens with one attached hydrogen (secondary N) is 2. The summed E-state index contributed by atoms with van der Waals surface area (Å²) in [5.41, 5.74) is 4.46. The number of hydrogen-bond donors (Lipinski definition) is 2. The highest BCUT2D eigenvalue weighted by atomic mass is 32.1. The second-order valence-electron chi connectivity index (χ2n) is 5.77. The zero-order valence-electron chi connectivity index (χ0n) is 14.7. The molecule has 0 aliphatic rings. The van der Waals surface area contributed by atoms with E-state index in [9.17, 15) is 0 Å². The molecule has 2 N–H and O–H groups in total. The van der Waals surface area contributed by atoms with Gasteiger partial charge in [0.05, 0.1) is 25.6 Å². The molecule has 0 saturated carbocycles. The van der Waals surface area contributed by atoms with Crippen LogP contribution in [0, 0.1) is 5.92 Å². The van der Waals surface area contributed by atoms with Crippen molar-refractivity contribution in [2.45, 2.75) is 13.8 Å². The predicted octanol–water partition coefficient (Wildman–Crippen LogP) is 4.05. The first kappa shape index (κ1) is 18.7. The predicted molar refractivity (Wildman–Crippen MR) is 107 cm³/mol. The lowest BCUT2D eigenvalue weighted by Crippen LogP contribution is -2.24. The molecule has 5 nitrogen and oxygen atoms in total. The molecule has 2 rings (SSSR count). The maximum absolute atomic E-state index is 5.80. The maximum Gasteiger partial charge on any atom is 0.191 e. The first-order valence-corrected chi connectivity index (χ1v) is 8.46. The molecule has 6 heteroatoms. The number of methoxy groups -OCH3 is 1. The van der Waals surface area contributed by atoms with Gasteiger partial charge in [-0.2, -0.15) is 5.10 Å². The molecular weight excluding hydrogens is 334 g/mol. The van der Waals surface area contributed by atoms with Crippen molar-refractivity contribution in [2.75, 3.05) is 19.0 Å². The second-order valence-corrected chi connectivity index (χ2v) is 6.18. The van der Waals surface area contributed by atoms with Crippen LogP contribution in [0.3, 0.4) is 0 Å². The lowest BCUT2D eigenvalue weighted by atomic mass is 10.2. The Balaban J connectivity index is 1.95. The highest BCUT2D eigenvalue weighted by Gasteiger charge is 2.05. The van der Waals surface area contributed by atoms with Crippen LogP contribution in [0.25, 0.3) is 0 Å². The fourth-order valence-corrected chi connectivity index (χ4v) is 2.20. The van der Waals surface area contributed by atoms with Crippen molar-refractivity contribution in [3.05, 3.63) is 54.1 Å². The first-order chi connectivity index (χ1) is 12.1. The average molecular weight is 357 g/mol. The molecule has 2 aromatic rings. The zero-order chi connectivity index (χ0) is 18.1. The molecule has 0 bridgehead atoms. The van der Waals surface area contributed by atoms with E-state index >= 15 is 0 Å². The third-order valence-electron chi connectivity index (χ3n) is 3.22. The van der Waals surface area contributed by atoms with Gasteiger partial charge in [-0.15, -0.1) is 0 Å². The van der Waals surface area contributed by atoms with E-state index in [2.05, 4.69) is 29.7 Å². The lowest BCUT2D eigenvalue weighted by Gasteiger charge is -2.14. The minimum atomic E-state index is 0.381. The van der Waals surface area contributed by atoms with E-state index in [0.717, 1.165) is 22.7 Å². The van der Waals surface area contributed by atoms with Gasteiger partial charge in [0, 0.05) is 5.56 Å². The standard InChI is InChI=1S/C19H23N3O2S/c1-14(2)13-24-18-11-7-5-9-16(18)21-19(25)22-20-12-15-8-4-6-10-17(15)23-3/h4-12,14H,13H2,1-3H3,(H2,21,22,25). The van der Waals surface area contributed by atoms with Crippen molar-refractivity contribution in [1.29, 1.82) is 0 Å². The van der Waals surface area contributed by atoms with Crippen molar-refractivity contribution in [1.82, 2.24) is 5.43 Å². The van der Waals surface area contributed by atoms with Crippen molar-refractivity contribution in [2.24, 2.45) is 11.0 Å². The van der Waals surface area contributed by atoms with Crippen molar-refractivity contribution < 1.29 is 9.47 Å². The molecule has 0 spiro atoms. The Morgan fingerprint density at radius 1 is 1.12 bits per heavy atom. The van der Waals surface area contributed by atoms with Gasteiger partial charge in [-0.3, -0.25) is 5.43 Å². The third kappa shape index (κ3) is 6.08. The Morgan fingerprint density at radius 3 is 2.52 bits per heavy atom. The van der Waals surface area contributed by atoms with Crippen LogP contribution in [-0.2, 0) is 0 Å². The van der Waals surface area contributed by atoms with Crippen LogP contribution in [0.1, 0.15) is 19.4 Å². The summed E-state index contributed by atoms with van der Waals surface area (Å²) in [4.78, 5) is 0. The summed E-state index contributed by atoms with van der Waals surface area (Å²) in [6.45, 7) is 4.86. The maximum atomic E-state index is 5.80. The van der Waals surface area contributed by atoms with Gasteiger partial charge in [-0.05, 0) is 42.4 Å². The van der Waals surface area contributed by atoms with E-state index in [1.54, 1.807) is 13.3 Å². The van der Waals surface area contributed by atoms with Crippen molar-refractivity contribution in [3.8, 4) is 11.5 Å². The van der Waals surface area contributed by atoms with Crippen LogP contribution in [0.4, 0.5) is 5.69 Å². The quantitative estimate of drug-likeness (QED) is 0.445. The molecule has 25 heavy (non-hydrogen) atoms. The van der Waals surface area contributed by atoms with Gasteiger partial charge in [0.1, 0.15) is 11.5 Å². The van der Waals surface area contributed by atoms with E-state index < -0.39 is 0 Å². The van der Waals surface area contributed by atoms with Crippen LogP contribution >= 0.6 is 12.2 Å². The lowest BCUT2D eigenvalue weighted by molar-refractivity contribution is 0.272. The number of ether oxygens (including phenoxy) is 2. The monoisotopic (exact) mass is 357 g/mol. The SMILES string of the molecule is COc1ccccc1C=NNC(=S)Nc1ccccc1OCC(C)C.